The van der Waals surface area contributed by atoms with Crippen molar-refractivity contribution in [3.63, 3.8) is 0 Å². The first kappa shape index (κ1) is 19.1. The first-order valence-electron chi connectivity index (χ1n) is 7.75. The van der Waals surface area contributed by atoms with Crippen LogP contribution in [0.25, 0.3) is 0 Å². The first-order chi connectivity index (χ1) is 10.6. The summed E-state index contributed by atoms with van der Waals surface area (Å²) in [7, 11) is 5.47. The van der Waals surface area contributed by atoms with E-state index < -0.39 is 7.26 Å². The third kappa shape index (κ3) is 3.49. The number of rotatable bonds is 9. The Morgan fingerprint density at radius 3 is 1.55 bits per heavy atom. The average molecular weight is 329 g/mol. The second-order valence-electron chi connectivity index (χ2n) is 5.21. The maximum absolute atomic E-state index is 5.94. The maximum Gasteiger partial charge on any atom is 0.203 e. The quantitative estimate of drug-likeness (QED) is 0.628. The van der Waals surface area contributed by atoms with E-state index in [1.807, 2.05) is 12.1 Å². The van der Waals surface area contributed by atoms with E-state index in [2.05, 4.69) is 20.8 Å². The minimum absolute atomic E-state index is 0.0983. The van der Waals surface area contributed by atoms with E-state index in [9.17, 15) is 0 Å². The first-order valence-corrected chi connectivity index (χ1v) is 10.2. The van der Waals surface area contributed by atoms with Crippen LogP contribution in [0.4, 0.5) is 0 Å². The Morgan fingerprint density at radius 1 is 0.818 bits per heavy atom. The van der Waals surface area contributed by atoms with Crippen LogP contribution in [-0.2, 0) is 4.74 Å². The van der Waals surface area contributed by atoms with Gasteiger partial charge in [0.25, 0.3) is 0 Å². The van der Waals surface area contributed by atoms with Gasteiger partial charge in [0.1, 0.15) is 0 Å². The third-order valence-electron chi connectivity index (χ3n) is 4.58. The Bertz CT molecular complexity index is 438. The summed E-state index contributed by atoms with van der Waals surface area (Å²) in [5.74, 6) is 2.08. The van der Waals surface area contributed by atoms with Crippen molar-refractivity contribution in [1.29, 1.82) is 0 Å². The summed E-state index contributed by atoms with van der Waals surface area (Å²) in [6.07, 6.45) is 3.49. The Labute approximate surface area is 135 Å². The lowest BCUT2D eigenvalue weighted by Crippen LogP contribution is -2.15. The van der Waals surface area contributed by atoms with Crippen LogP contribution in [0.1, 0.15) is 32.2 Å². The molecule has 0 heterocycles. The van der Waals surface area contributed by atoms with Crippen molar-refractivity contribution >= 4 is 7.26 Å². The van der Waals surface area contributed by atoms with Crippen LogP contribution in [0.2, 0.25) is 0 Å². The van der Waals surface area contributed by atoms with Gasteiger partial charge in [-0.05, 0) is 32.9 Å². The maximum atomic E-state index is 5.94. The fourth-order valence-corrected chi connectivity index (χ4v) is 6.65. The molecule has 4 nitrogen and oxygen atoms in total. The zero-order chi connectivity index (χ0) is 16.8. The molecule has 1 atom stereocenters. The molecule has 0 radical (unpaired) electrons. The number of hydrogen-bond acceptors (Lipinski definition) is 4. The van der Waals surface area contributed by atoms with Crippen molar-refractivity contribution in [1.82, 2.24) is 0 Å². The van der Waals surface area contributed by atoms with Gasteiger partial charge in [0.05, 0.1) is 39.8 Å². The summed E-state index contributed by atoms with van der Waals surface area (Å²) in [4.78, 5) is 0. The van der Waals surface area contributed by atoms with Crippen LogP contribution in [0.5, 0.6) is 17.2 Å². The molecule has 0 saturated carbocycles. The Hall–Kier alpha value is -0.990. The predicted molar refractivity (Wildman–Crippen MR) is 94.4 cm³/mol. The number of ether oxygens (including phenoxy) is 4. The predicted octanol–water partition coefficient (Wildman–Crippen LogP) is 4.43. The molecule has 0 fully saturated rings. The molecule has 0 aliphatic carbocycles. The van der Waals surface area contributed by atoms with E-state index in [1.165, 1.54) is 0 Å². The fourth-order valence-electron chi connectivity index (χ4n) is 3.09. The molecule has 0 aromatic heterocycles. The molecule has 0 N–H and O–H groups in total. The average Bonchev–Trinajstić information content (AvgIpc) is 2.58. The van der Waals surface area contributed by atoms with Crippen LogP contribution in [0.15, 0.2) is 12.1 Å². The summed E-state index contributed by atoms with van der Waals surface area (Å²) in [5.41, 5.74) is 1.11. The van der Waals surface area contributed by atoms with Gasteiger partial charge in [-0.1, -0.05) is 0 Å². The molecule has 0 bridgehead atoms. The zero-order valence-corrected chi connectivity index (χ0v) is 15.8. The van der Waals surface area contributed by atoms with Gasteiger partial charge in [0, 0.05) is 19.9 Å². The number of hydrogen-bond donors (Lipinski definition) is 0. The summed E-state index contributed by atoms with van der Waals surface area (Å²) in [6.45, 7) is 6.81. The normalized spacial score (nSPS) is 12.9. The molecule has 0 saturated heterocycles. The molecule has 1 aromatic rings. The molecule has 22 heavy (non-hydrogen) atoms. The van der Waals surface area contributed by atoms with E-state index in [1.54, 1.807) is 28.4 Å². The van der Waals surface area contributed by atoms with Crippen LogP contribution >= 0.6 is 7.26 Å². The lowest BCUT2D eigenvalue weighted by atomic mass is 10.2. The standard InChI is InChI=1S/C17H30O4P/c1-8-22(9-2,10-3)17(21-7)13-11-14(18-4)16(20-6)15(12-13)19-5/h11-12,17H,8-10H2,1-7H3/q+1. The summed E-state index contributed by atoms with van der Waals surface area (Å²) in [5, 5.41) is 0. The SMILES string of the molecule is CC[P+](CC)(CC)C(OC)c1cc(OC)c(OC)c(OC)c1. The van der Waals surface area contributed by atoms with Crippen LogP contribution in [0, 0.1) is 0 Å². The van der Waals surface area contributed by atoms with Crippen molar-refractivity contribution < 1.29 is 18.9 Å². The monoisotopic (exact) mass is 329 g/mol. The van der Waals surface area contributed by atoms with Crippen molar-refractivity contribution in [2.24, 2.45) is 0 Å². The Kier molecular flexibility index (Phi) is 7.44. The number of benzene rings is 1. The Morgan fingerprint density at radius 2 is 1.27 bits per heavy atom. The molecule has 1 aromatic carbocycles. The van der Waals surface area contributed by atoms with Crippen LogP contribution in [0.3, 0.4) is 0 Å². The van der Waals surface area contributed by atoms with Gasteiger partial charge in [-0.25, -0.2) is 0 Å². The lowest BCUT2D eigenvalue weighted by Gasteiger charge is -2.32. The molecule has 1 unspecified atom stereocenters. The molecule has 0 amide bonds. The molecule has 0 spiro atoms. The Balaban J connectivity index is 3.45. The van der Waals surface area contributed by atoms with E-state index in [0.29, 0.717) is 17.2 Å². The second-order valence-corrected chi connectivity index (χ2v) is 10.0. The molecule has 5 heteroatoms. The largest absolute Gasteiger partial charge is 0.493 e. The van der Waals surface area contributed by atoms with Crippen molar-refractivity contribution in [2.45, 2.75) is 26.6 Å². The van der Waals surface area contributed by atoms with Gasteiger partial charge in [-0.2, -0.15) is 0 Å². The smallest absolute Gasteiger partial charge is 0.203 e. The van der Waals surface area contributed by atoms with Crippen molar-refractivity contribution in [2.75, 3.05) is 46.9 Å². The van der Waals surface area contributed by atoms with E-state index >= 15 is 0 Å². The van der Waals surface area contributed by atoms with Gasteiger partial charge in [0.15, 0.2) is 17.3 Å². The fraction of sp³-hybridized carbons (Fsp3) is 0.647. The minimum Gasteiger partial charge on any atom is -0.493 e. The van der Waals surface area contributed by atoms with Crippen molar-refractivity contribution in [3.8, 4) is 17.2 Å². The topological polar surface area (TPSA) is 36.9 Å². The summed E-state index contributed by atoms with van der Waals surface area (Å²) < 4.78 is 22.3. The minimum atomic E-state index is -1.23. The summed E-state index contributed by atoms with van der Waals surface area (Å²) in [6, 6.07) is 4.04. The highest BCUT2D eigenvalue weighted by Crippen LogP contribution is 2.69. The molecule has 0 aliphatic rings. The van der Waals surface area contributed by atoms with Crippen molar-refractivity contribution in [3.05, 3.63) is 17.7 Å². The van der Waals surface area contributed by atoms with Gasteiger partial charge in [-0.3, -0.25) is 0 Å². The highest BCUT2D eigenvalue weighted by molar-refractivity contribution is 7.75. The van der Waals surface area contributed by atoms with Gasteiger partial charge in [0.2, 0.25) is 5.75 Å². The highest BCUT2D eigenvalue weighted by Gasteiger charge is 2.43. The van der Waals surface area contributed by atoms with Gasteiger partial charge in [-0.15, -0.1) is 0 Å². The highest BCUT2D eigenvalue weighted by atomic mass is 31.2. The molecular formula is C17H30O4P+. The van der Waals surface area contributed by atoms with E-state index in [0.717, 1.165) is 24.0 Å². The van der Waals surface area contributed by atoms with Gasteiger partial charge < -0.3 is 18.9 Å². The number of methoxy groups -OCH3 is 4. The molecule has 0 aliphatic heterocycles. The second kappa shape index (κ2) is 8.59. The van der Waals surface area contributed by atoms with E-state index in [-0.39, 0.29) is 5.85 Å². The zero-order valence-electron chi connectivity index (χ0n) is 14.9. The molecule has 1 rings (SSSR count). The van der Waals surface area contributed by atoms with Crippen LogP contribution < -0.4 is 14.2 Å². The van der Waals surface area contributed by atoms with Gasteiger partial charge >= 0.3 is 0 Å². The lowest BCUT2D eigenvalue weighted by molar-refractivity contribution is 0.167. The molecular weight excluding hydrogens is 299 g/mol. The van der Waals surface area contributed by atoms with E-state index in [4.69, 9.17) is 18.9 Å². The van der Waals surface area contributed by atoms with Crippen LogP contribution in [-0.4, -0.2) is 46.9 Å². The third-order valence-corrected chi connectivity index (χ3v) is 9.86. The summed E-state index contributed by atoms with van der Waals surface area (Å²) >= 11 is 0. The molecule has 126 valence electrons.